The number of ether oxygens (including phenoxy) is 2. The first kappa shape index (κ1) is 17.7. The summed E-state index contributed by atoms with van der Waals surface area (Å²) in [6, 6.07) is 1.74. The largest absolute Gasteiger partial charge is 0.382 e. The summed E-state index contributed by atoms with van der Waals surface area (Å²) in [5.74, 6) is 0.245. The second-order valence-electron chi connectivity index (χ2n) is 6.71. The van der Waals surface area contributed by atoms with Crippen molar-refractivity contribution in [3.63, 3.8) is 0 Å². The van der Waals surface area contributed by atoms with E-state index in [0.717, 1.165) is 5.69 Å². The van der Waals surface area contributed by atoms with E-state index in [-0.39, 0.29) is 11.3 Å². The quantitative estimate of drug-likeness (QED) is 0.783. The molecule has 0 saturated heterocycles. The maximum Gasteiger partial charge on any atom is 0.232 e. The molecule has 1 aromatic rings. The molecule has 0 saturated carbocycles. The van der Waals surface area contributed by atoms with Crippen LogP contribution in [-0.4, -0.2) is 38.0 Å². The highest BCUT2D eigenvalue weighted by molar-refractivity contribution is 5.93. The minimum Gasteiger partial charge on any atom is -0.382 e. The number of anilines is 1. The molecular formula is C15H26N2O4. The molecule has 0 aliphatic carbocycles. The molecule has 1 heterocycles. The van der Waals surface area contributed by atoms with E-state index >= 15 is 0 Å². The summed E-state index contributed by atoms with van der Waals surface area (Å²) in [4.78, 5) is 11.9. The standard InChI is InChI=1S/C15H26N2O4/c1-14(2,3)13(18)16-12-9-11(17-21-12)15(4,5)10-20-8-7-19-6/h9H,7-8,10H2,1-6H3,(H,16,18). The maximum absolute atomic E-state index is 11.9. The summed E-state index contributed by atoms with van der Waals surface area (Å²) in [5, 5.41) is 6.74. The summed E-state index contributed by atoms with van der Waals surface area (Å²) < 4.78 is 15.7. The summed E-state index contributed by atoms with van der Waals surface area (Å²) in [6.45, 7) is 11.1. The molecule has 0 atom stereocenters. The minimum absolute atomic E-state index is 0.112. The number of carbonyl (C=O) groups is 1. The number of hydrogen-bond acceptors (Lipinski definition) is 5. The molecule has 6 heteroatoms. The van der Waals surface area contributed by atoms with Gasteiger partial charge in [0.05, 0.1) is 25.5 Å². The maximum atomic E-state index is 11.9. The van der Waals surface area contributed by atoms with Gasteiger partial charge in [0.2, 0.25) is 11.8 Å². The fourth-order valence-corrected chi connectivity index (χ4v) is 1.50. The van der Waals surface area contributed by atoms with Crippen molar-refractivity contribution in [1.29, 1.82) is 0 Å². The number of amides is 1. The van der Waals surface area contributed by atoms with Crippen LogP contribution in [0, 0.1) is 5.41 Å². The fourth-order valence-electron chi connectivity index (χ4n) is 1.50. The number of methoxy groups -OCH3 is 1. The van der Waals surface area contributed by atoms with Gasteiger partial charge < -0.3 is 14.0 Å². The van der Waals surface area contributed by atoms with Gasteiger partial charge in [-0.15, -0.1) is 0 Å². The zero-order valence-electron chi connectivity index (χ0n) is 13.8. The molecule has 0 unspecified atom stereocenters. The Morgan fingerprint density at radius 3 is 2.52 bits per heavy atom. The van der Waals surface area contributed by atoms with Gasteiger partial charge in [0.1, 0.15) is 0 Å². The van der Waals surface area contributed by atoms with E-state index in [1.807, 2.05) is 34.6 Å². The summed E-state index contributed by atoms with van der Waals surface area (Å²) in [7, 11) is 1.64. The Balaban J connectivity index is 2.62. The van der Waals surface area contributed by atoms with Crippen molar-refractivity contribution in [3.8, 4) is 0 Å². The number of carbonyl (C=O) groups excluding carboxylic acids is 1. The topological polar surface area (TPSA) is 73.6 Å². The Morgan fingerprint density at radius 2 is 1.95 bits per heavy atom. The predicted molar refractivity (Wildman–Crippen MR) is 80.3 cm³/mol. The van der Waals surface area contributed by atoms with Crippen LogP contribution in [0.15, 0.2) is 10.6 Å². The molecule has 120 valence electrons. The van der Waals surface area contributed by atoms with Crippen molar-refractivity contribution >= 4 is 11.8 Å². The zero-order chi connectivity index (χ0) is 16.1. The Bertz CT molecular complexity index is 460. The Labute approximate surface area is 126 Å². The summed E-state index contributed by atoms with van der Waals surface area (Å²) in [5.41, 5.74) is -0.0441. The van der Waals surface area contributed by atoms with E-state index in [9.17, 15) is 4.79 Å². The molecule has 0 radical (unpaired) electrons. The third-order valence-corrected chi connectivity index (χ3v) is 3.02. The van der Waals surface area contributed by atoms with Crippen molar-refractivity contribution in [2.45, 2.75) is 40.0 Å². The number of aromatic nitrogens is 1. The van der Waals surface area contributed by atoms with E-state index in [1.54, 1.807) is 13.2 Å². The molecule has 0 bridgehead atoms. The zero-order valence-corrected chi connectivity index (χ0v) is 13.8. The highest BCUT2D eigenvalue weighted by Crippen LogP contribution is 2.26. The van der Waals surface area contributed by atoms with Crippen LogP contribution in [-0.2, 0) is 19.7 Å². The van der Waals surface area contributed by atoms with Gasteiger partial charge in [0, 0.05) is 24.0 Å². The highest BCUT2D eigenvalue weighted by Gasteiger charge is 2.27. The van der Waals surface area contributed by atoms with Gasteiger partial charge in [-0.3, -0.25) is 10.1 Å². The lowest BCUT2D eigenvalue weighted by molar-refractivity contribution is -0.123. The molecule has 1 amide bonds. The number of hydrogen-bond donors (Lipinski definition) is 1. The van der Waals surface area contributed by atoms with E-state index in [0.29, 0.717) is 25.7 Å². The van der Waals surface area contributed by atoms with E-state index < -0.39 is 5.41 Å². The van der Waals surface area contributed by atoms with Crippen LogP contribution in [0.5, 0.6) is 0 Å². The Morgan fingerprint density at radius 1 is 1.29 bits per heavy atom. The molecule has 0 aliphatic rings. The summed E-state index contributed by atoms with van der Waals surface area (Å²) >= 11 is 0. The van der Waals surface area contributed by atoms with Crippen LogP contribution in [0.1, 0.15) is 40.3 Å². The van der Waals surface area contributed by atoms with Crippen LogP contribution in [0.25, 0.3) is 0 Å². The van der Waals surface area contributed by atoms with Gasteiger partial charge in [-0.25, -0.2) is 0 Å². The third-order valence-electron chi connectivity index (χ3n) is 3.02. The first-order valence-electron chi connectivity index (χ1n) is 7.02. The average molecular weight is 298 g/mol. The molecule has 0 aromatic carbocycles. The van der Waals surface area contributed by atoms with Gasteiger partial charge in [-0.1, -0.05) is 39.8 Å². The predicted octanol–water partition coefficient (Wildman–Crippen LogP) is 2.60. The Kier molecular flexibility index (Phi) is 5.92. The number of nitrogens with zero attached hydrogens (tertiary/aromatic N) is 1. The lowest BCUT2D eigenvalue weighted by Gasteiger charge is -2.21. The molecule has 1 rings (SSSR count). The monoisotopic (exact) mass is 298 g/mol. The third kappa shape index (κ3) is 5.47. The van der Waals surface area contributed by atoms with Crippen molar-refractivity contribution in [2.75, 3.05) is 32.2 Å². The molecule has 21 heavy (non-hydrogen) atoms. The Hall–Kier alpha value is -1.40. The fraction of sp³-hybridized carbons (Fsp3) is 0.733. The first-order valence-corrected chi connectivity index (χ1v) is 7.02. The van der Waals surface area contributed by atoms with Gasteiger partial charge >= 0.3 is 0 Å². The molecular weight excluding hydrogens is 272 g/mol. The van der Waals surface area contributed by atoms with E-state index in [1.165, 1.54) is 0 Å². The van der Waals surface area contributed by atoms with Gasteiger partial charge in [-0.05, 0) is 0 Å². The van der Waals surface area contributed by atoms with E-state index in [4.69, 9.17) is 14.0 Å². The summed E-state index contributed by atoms with van der Waals surface area (Å²) in [6.07, 6.45) is 0. The van der Waals surface area contributed by atoms with Crippen molar-refractivity contribution in [3.05, 3.63) is 11.8 Å². The van der Waals surface area contributed by atoms with Crippen LogP contribution in [0.4, 0.5) is 5.88 Å². The molecule has 0 spiro atoms. The molecule has 0 aliphatic heterocycles. The van der Waals surface area contributed by atoms with Crippen LogP contribution >= 0.6 is 0 Å². The normalized spacial score (nSPS) is 12.5. The van der Waals surface area contributed by atoms with Crippen LogP contribution in [0.2, 0.25) is 0 Å². The minimum atomic E-state index is -0.480. The molecule has 1 N–H and O–H groups in total. The smallest absolute Gasteiger partial charge is 0.232 e. The van der Waals surface area contributed by atoms with Gasteiger partial charge in [0.25, 0.3) is 0 Å². The van der Waals surface area contributed by atoms with Crippen LogP contribution < -0.4 is 5.32 Å². The van der Waals surface area contributed by atoms with Crippen LogP contribution in [0.3, 0.4) is 0 Å². The van der Waals surface area contributed by atoms with E-state index in [2.05, 4.69) is 10.5 Å². The lowest BCUT2D eigenvalue weighted by Crippen LogP contribution is -2.27. The molecule has 1 aromatic heterocycles. The number of nitrogens with one attached hydrogen (secondary N) is 1. The highest BCUT2D eigenvalue weighted by atomic mass is 16.5. The van der Waals surface area contributed by atoms with Gasteiger partial charge in [-0.2, -0.15) is 0 Å². The first-order chi connectivity index (χ1) is 9.66. The van der Waals surface area contributed by atoms with Crippen molar-refractivity contribution < 1.29 is 18.8 Å². The second-order valence-corrected chi connectivity index (χ2v) is 6.71. The molecule has 6 nitrogen and oxygen atoms in total. The SMILES string of the molecule is COCCOCC(C)(C)c1cc(NC(=O)C(C)(C)C)on1. The van der Waals surface area contributed by atoms with Crippen molar-refractivity contribution in [1.82, 2.24) is 5.16 Å². The number of rotatable bonds is 7. The van der Waals surface area contributed by atoms with Gasteiger partial charge in [0.15, 0.2) is 0 Å². The lowest BCUT2D eigenvalue weighted by atomic mass is 9.90. The van der Waals surface area contributed by atoms with Crippen molar-refractivity contribution in [2.24, 2.45) is 5.41 Å². The average Bonchev–Trinajstić information content (AvgIpc) is 2.83. The second kappa shape index (κ2) is 7.04. The molecule has 0 fully saturated rings.